The zero-order valence-corrected chi connectivity index (χ0v) is 12.5. The first-order valence-electron chi connectivity index (χ1n) is 6.67. The zero-order valence-electron chi connectivity index (χ0n) is 11.7. The maximum atomic E-state index is 13.5. The standard InChI is InChI=1S/C16H11FN4S/c1-22-11-2-9(5-18-7-11)14-4-12-13-3-10(17)6-20-16(13)21-15(12)8-19-14/h2-8H,1H3,(H,20,21). The van der Waals surface area contributed by atoms with Crippen LogP contribution >= 0.6 is 11.8 Å². The van der Waals surface area contributed by atoms with Crippen molar-refractivity contribution in [2.45, 2.75) is 4.90 Å². The summed E-state index contributed by atoms with van der Waals surface area (Å²) in [7, 11) is 0. The Morgan fingerprint density at radius 2 is 1.91 bits per heavy atom. The molecule has 1 N–H and O–H groups in total. The monoisotopic (exact) mass is 310 g/mol. The fourth-order valence-electron chi connectivity index (χ4n) is 2.48. The first-order valence-corrected chi connectivity index (χ1v) is 7.89. The number of H-pyrrole nitrogens is 1. The van der Waals surface area contributed by atoms with Crippen molar-refractivity contribution >= 4 is 33.7 Å². The van der Waals surface area contributed by atoms with Crippen LogP contribution in [0.2, 0.25) is 0 Å². The number of nitrogens with one attached hydrogen (secondary N) is 1. The SMILES string of the molecule is CSc1cncc(-c2cc3c(cn2)[nH]c2ncc(F)cc23)c1. The van der Waals surface area contributed by atoms with Crippen molar-refractivity contribution in [1.82, 2.24) is 19.9 Å². The molecule has 4 aromatic rings. The summed E-state index contributed by atoms with van der Waals surface area (Å²) in [6, 6.07) is 5.47. The van der Waals surface area contributed by atoms with Gasteiger partial charge in [0.2, 0.25) is 0 Å². The predicted molar refractivity (Wildman–Crippen MR) is 86.4 cm³/mol. The second kappa shape index (κ2) is 5.06. The van der Waals surface area contributed by atoms with Crippen LogP contribution in [0.1, 0.15) is 0 Å². The molecule has 0 spiro atoms. The van der Waals surface area contributed by atoms with Gasteiger partial charge in [0.1, 0.15) is 11.5 Å². The number of thioether (sulfide) groups is 1. The Morgan fingerprint density at radius 3 is 2.77 bits per heavy atom. The van der Waals surface area contributed by atoms with Crippen molar-refractivity contribution in [3.63, 3.8) is 0 Å². The summed E-state index contributed by atoms with van der Waals surface area (Å²) in [5.74, 6) is -0.349. The molecule has 0 aliphatic rings. The molecule has 4 rings (SSSR count). The van der Waals surface area contributed by atoms with Crippen molar-refractivity contribution in [3.05, 3.63) is 48.8 Å². The summed E-state index contributed by atoms with van der Waals surface area (Å²) in [5, 5.41) is 1.66. The van der Waals surface area contributed by atoms with Crippen LogP contribution in [0.4, 0.5) is 4.39 Å². The first-order chi connectivity index (χ1) is 10.7. The third kappa shape index (κ3) is 2.12. The molecule has 0 atom stereocenters. The molecular weight excluding hydrogens is 299 g/mol. The second-order valence-electron chi connectivity index (χ2n) is 4.90. The smallest absolute Gasteiger partial charge is 0.142 e. The van der Waals surface area contributed by atoms with Crippen LogP contribution in [0, 0.1) is 5.82 Å². The van der Waals surface area contributed by atoms with Crippen LogP contribution in [0.3, 0.4) is 0 Å². The molecule has 0 aliphatic heterocycles. The number of pyridine rings is 3. The van der Waals surface area contributed by atoms with E-state index in [2.05, 4.69) is 19.9 Å². The molecule has 0 bridgehead atoms. The molecule has 4 heterocycles. The van der Waals surface area contributed by atoms with Gasteiger partial charge < -0.3 is 4.98 Å². The van der Waals surface area contributed by atoms with E-state index in [0.29, 0.717) is 5.65 Å². The Hall–Kier alpha value is -2.47. The lowest BCUT2D eigenvalue weighted by Crippen LogP contribution is -1.85. The maximum Gasteiger partial charge on any atom is 0.142 e. The minimum Gasteiger partial charge on any atom is -0.338 e. The average Bonchev–Trinajstić information content (AvgIpc) is 2.92. The van der Waals surface area contributed by atoms with E-state index in [1.54, 1.807) is 24.2 Å². The van der Waals surface area contributed by atoms with Gasteiger partial charge >= 0.3 is 0 Å². The molecule has 4 aromatic heterocycles. The highest BCUT2D eigenvalue weighted by Crippen LogP contribution is 2.28. The minimum absolute atomic E-state index is 0.349. The van der Waals surface area contributed by atoms with Gasteiger partial charge in [-0.15, -0.1) is 11.8 Å². The number of fused-ring (bicyclic) bond motifs is 3. The van der Waals surface area contributed by atoms with Crippen LogP contribution < -0.4 is 0 Å². The van der Waals surface area contributed by atoms with Crippen LogP contribution in [-0.4, -0.2) is 26.2 Å². The first kappa shape index (κ1) is 13.2. The van der Waals surface area contributed by atoms with E-state index in [1.807, 2.05) is 24.6 Å². The van der Waals surface area contributed by atoms with Gasteiger partial charge in [-0.3, -0.25) is 9.97 Å². The van der Waals surface area contributed by atoms with Crippen LogP contribution in [0.15, 0.2) is 47.9 Å². The molecule has 0 aromatic carbocycles. The molecule has 0 unspecified atom stereocenters. The van der Waals surface area contributed by atoms with Gasteiger partial charge in [0.15, 0.2) is 0 Å². The van der Waals surface area contributed by atoms with Crippen molar-refractivity contribution < 1.29 is 4.39 Å². The van der Waals surface area contributed by atoms with E-state index >= 15 is 0 Å². The third-order valence-corrected chi connectivity index (χ3v) is 4.24. The summed E-state index contributed by atoms with van der Waals surface area (Å²) in [5.41, 5.74) is 3.24. The van der Waals surface area contributed by atoms with Crippen LogP contribution in [-0.2, 0) is 0 Å². The molecule has 0 fully saturated rings. The zero-order chi connectivity index (χ0) is 15.1. The van der Waals surface area contributed by atoms with Crippen molar-refractivity contribution in [2.75, 3.05) is 6.26 Å². The fraction of sp³-hybridized carbons (Fsp3) is 0.0625. The number of hydrogen-bond acceptors (Lipinski definition) is 4. The molecule has 0 saturated heterocycles. The highest BCUT2D eigenvalue weighted by Gasteiger charge is 2.09. The number of rotatable bonds is 2. The van der Waals surface area contributed by atoms with Crippen molar-refractivity contribution in [3.8, 4) is 11.3 Å². The third-order valence-electron chi connectivity index (χ3n) is 3.55. The van der Waals surface area contributed by atoms with E-state index in [1.165, 1.54) is 12.3 Å². The number of aromatic amines is 1. The Bertz CT molecular complexity index is 996. The minimum atomic E-state index is -0.349. The largest absolute Gasteiger partial charge is 0.338 e. The van der Waals surface area contributed by atoms with E-state index in [4.69, 9.17) is 0 Å². The Labute approximate surface area is 129 Å². The summed E-state index contributed by atoms with van der Waals surface area (Å²) in [6.45, 7) is 0. The summed E-state index contributed by atoms with van der Waals surface area (Å²) < 4.78 is 13.5. The van der Waals surface area contributed by atoms with E-state index in [9.17, 15) is 4.39 Å². The Balaban J connectivity index is 1.95. The van der Waals surface area contributed by atoms with Gasteiger partial charge in [-0.05, 0) is 24.5 Å². The lowest BCUT2D eigenvalue weighted by molar-refractivity contribution is 0.624. The van der Waals surface area contributed by atoms with Crippen molar-refractivity contribution in [1.29, 1.82) is 0 Å². The Kier molecular flexibility index (Phi) is 3.04. The van der Waals surface area contributed by atoms with Gasteiger partial charge in [-0.25, -0.2) is 9.37 Å². The predicted octanol–water partition coefficient (Wildman–Crippen LogP) is 4.03. The molecule has 22 heavy (non-hydrogen) atoms. The maximum absolute atomic E-state index is 13.5. The molecule has 6 heteroatoms. The summed E-state index contributed by atoms with van der Waals surface area (Å²) >= 11 is 1.63. The number of hydrogen-bond donors (Lipinski definition) is 1. The molecule has 0 aliphatic carbocycles. The topological polar surface area (TPSA) is 54.5 Å². The van der Waals surface area contributed by atoms with Crippen LogP contribution in [0.5, 0.6) is 0 Å². The Morgan fingerprint density at radius 1 is 1.00 bits per heavy atom. The summed E-state index contributed by atoms with van der Waals surface area (Å²) in [4.78, 5) is 17.0. The fourth-order valence-corrected chi connectivity index (χ4v) is 2.89. The molecule has 0 saturated carbocycles. The van der Waals surface area contributed by atoms with Gasteiger partial charge in [0, 0.05) is 33.6 Å². The highest BCUT2D eigenvalue weighted by molar-refractivity contribution is 7.98. The van der Waals surface area contributed by atoms with Crippen molar-refractivity contribution in [2.24, 2.45) is 0 Å². The van der Waals surface area contributed by atoms with E-state index in [0.717, 1.165) is 32.4 Å². The molecule has 4 nitrogen and oxygen atoms in total. The van der Waals surface area contributed by atoms with Crippen LogP contribution in [0.25, 0.3) is 33.2 Å². The molecule has 0 amide bonds. The highest BCUT2D eigenvalue weighted by atomic mass is 32.2. The quantitative estimate of drug-likeness (QED) is 0.568. The van der Waals surface area contributed by atoms with Gasteiger partial charge in [0.25, 0.3) is 0 Å². The number of aromatic nitrogens is 4. The van der Waals surface area contributed by atoms with Gasteiger partial charge in [0.05, 0.1) is 23.6 Å². The number of nitrogens with zero attached hydrogens (tertiary/aromatic N) is 3. The lowest BCUT2D eigenvalue weighted by atomic mass is 10.1. The van der Waals surface area contributed by atoms with E-state index in [-0.39, 0.29) is 5.82 Å². The average molecular weight is 310 g/mol. The normalized spacial score (nSPS) is 11.4. The molecule has 0 radical (unpaired) electrons. The lowest BCUT2D eigenvalue weighted by Gasteiger charge is -2.02. The van der Waals surface area contributed by atoms with Gasteiger partial charge in [-0.2, -0.15) is 0 Å². The molecule has 108 valence electrons. The summed E-state index contributed by atoms with van der Waals surface area (Å²) in [6.07, 6.45) is 8.55. The van der Waals surface area contributed by atoms with E-state index < -0.39 is 0 Å². The number of halogens is 1. The second-order valence-corrected chi connectivity index (χ2v) is 5.78. The molecular formula is C16H11FN4S. The van der Waals surface area contributed by atoms with Gasteiger partial charge in [-0.1, -0.05) is 0 Å².